The zero-order valence-electron chi connectivity index (χ0n) is 29.8. The maximum atomic E-state index is 13.3. The van der Waals surface area contributed by atoms with E-state index in [2.05, 4.69) is 6.92 Å². The highest BCUT2D eigenvalue weighted by molar-refractivity contribution is 5.91. The molecule has 1 aliphatic rings. The number of esters is 2. The van der Waals surface area contributed by atoms with Gasteiger partial charge in [-0.05, 0) is 30.7 Å². The van der Waals surface area contributed by atoms with Crippen molar-refractivity contribution >= 4 is 11.9 Å². The van der Waals surface area contributed by atoms with Crippen molar-refractivity contribution in [3.63, 3.8) is 0 Å². The maximum absolute atomic E-state index is 13.3. The van der Waals surface area contributed by atoms with Crippen molar-refractivity contribution in [2.75, 3.05) is 0 Å². The lowest BCUT2D eigenvalue weighted by Gasteiger charge is -2.34. The third-order valence-corrected chi connectivity index (χ3v) is 9.33. The lowest BCUT2D eigenvalue weighted by molar-refractivity contribution is -0.134. The number of hydrogen-bond acceptors (Lipinski definition) is 12. The molecule has 0 saturated carbocycles. The molecule has 0 radical (unpaired) electrons. The highest BCUT2D eigenvalue weighted by atomic mass is 16.6. The third-order valence-electron chi connectivity index (χ3n) is 9.33. The summed E-state index contributed by atoms with van der Waals surface area (Å²) < 4.78 is 16.8. The Bertz CT molecular complexity index is 1610. The summed E-state index contributed by atoms with van der Waals surface area (Å²) in [5.74, 6) is -6.20. The van der Waals surface area contributed by atoms with Crippen LogP contribution in [0.4, 0.5) is 0 Å². The Hall–Kier alpha value is -5.00. The standard InChI is InChI=1S/C40H52O12/c1-2-3-4-5-6-7-8-9-10-11-12-13-14-15-16-17-36(47)52-39-32(45)20-26(21-33(39)46)40(49)51-35-24-28-29(42)22-27(41)23-34(28)50-38(35)25-18-30(43)37(48)31(44)19-25/h18-23,35,38,41-46,48H,2-17,24H2,1H3/t35-,38-/m1/s1. The van der Waals surface area contributed by atoms with E-state index in [1.54, 1.807) is 0 Å². The monoisotopic (exact) mass is 724 g/mol. The molecule has 0 unspecified atom stereocenters. The molecule has 0 aromatic heterocycles. The highest BCUT2D eigenvalue weighted by Crippen LogP contribution is 2.46. The van der Waals surface area contributed by atoms with Gasteiger partial charge in [0.1, 0.15) is 23.4 Å². The number of hydrogen-bond donors (Lipinski definition) is 7. The zero-order chi connectivity index (χ0) is 37.6. The number of carbonyl (C=O) groups is 2. The number of fused-ring (bicyclic) bond motifs is 1. The quantitative estimate of drug-likeness (QED) is 0.0253. The van der Waals surface area contributed by atoms with Crippen molar-refractivity contribution in [2.24, 2.45) is 0 Å². The summed E-state index contributed by atoms with van der Waals surface area (Å²) in [5.41, 5.74) is -0.0182. The van der Waals surface area contributed by atoms with Gasteiger partial charge in [0.05, 0.1) is 5.56 Å². The number of phenols is 7. The number of carbonyl (C=O) groups excluding carboxylic acids is 2. The topological polar surface area (TPSA) is 203 Å². The number of phenolic OH excluding ortho intramolecular Hbond substituents is 7. The normalized spacial score (nSPS) is 15.1. The van der Waals surface area contributed by atoms with Crippen molar-refractivity contribution < 1.29 is 59.5 Å². The second-order valence-electron chi connectivity index (χ2n) is 13.6. The van der Waals surface area contributed by atoms with E-state index in [1.807, 2.05) is 0 Å². The van der Waals surface area contributed by atoms with E-state index in [0.29, 0.717) is 6.42 Å². The largest absolute Gasteiger partial charge is 0.508 e. The Morgan fingerprint density at radius 1 is 0.654 bits per heavy atom. The Morgan fingerprint density at radius 3 is 1.71 bits per heavy atom. The molecular weight excluding hydrogens is 672 g/mol. The molecule has 4 rings (SSSR count). The van der Waals surface area contributed by atoms with Crippen molar-refractivity contribution in [3.8, 4) is 51.7 Å². The predicted molar refractivity (Wildman–Crippen MR) is 192 cm³/mol. The van der Waals surface area contributed by atoms with Gasteiger partial charge < -0.3 is 50.0 Å². The lowest BCUT2D eigenvalue weighted by atomic mass is 9.93. The molecule has 12 heteroatoms. The molecule has 284 valence electrons. The summed E-state index contributed by atoms with van der Waals surface area (Å²) in [6, 6.07) is 6.44. The first-order chi connectivity index (χ1) is 25.0. The number of ether oxygens (including phenoxy) is 3. The Kier molecular flexibility index (Phi) is 15.0. The molecule has 2 atom stereocenters. The third kappa shape index (κ3) is 11.2. The molecule has 7 N–H and O–H groups in total. The van der Waals surface area contributed by atoms with Crippen LogP contribution in [0, 0.1) is 0 Å². The minimum atomic E-state index is -1.21. The molecule has 0 spiro atoms. The molecule has 0 aliphatic carbocycles. The molecule has 1 aliphatic heterocycles. The number of rotatable bonds is 20. The second kappa shape index (κ2) is 19.6. The van der Waals surface area contributed by atoms with Gasteiger partial charge in [0.2, 0.25) is 5.75 Å². The van der Waals surface area contributed by atoms with Crippen LogP contribution in [-0.4, -0.2) is 53.8 Å². The fraction of sp³-hybridized carbons (Fsp3) is 0.500. The molecule has 1 heterocycles. The summed E-state index contributed by atoms with van der Waals surface area (Å²) >= 11 is 0. The van der Waals surface area contributed by atoms with E-state index < -0.39 is 58.6 Å². The molecule has 3 aromatic rings. The molecule has 0 amide bonds. The summed E-state index contributed by atoms with van der Waals surface area (Å²) in [6.07, 6.45) is 15.4. The number of unbranched alkanes of at least 4 members (excludes halogenated alkanes) is 14. The Labute approximate surface area is 304 Å². The van der Waals surface area contributed by atoms with E-state index in [9.17, 15) is 45.3 Å². The van der Waals surface area contributed by atoms with Crippen LogP contribution in [-0.2, 0) is 16.0 Å². The van der Waals surface area contributed by atoms with Crippen LogP contribution < -0.4 is 9.47 Å². The Morgan fingerprint density at radius 2 is 1.17 bits per heavy atom. The summed E-state index contributed by atoms with van der Waals surface area (Å²) in [6.45, 7) is 2.24. The molecule has 3 aromatic carbocycles. The average molecular weight is 725 g/mol. The van der Waals surface area contributed by atoms with Crippen LogP contribution >= 0.6 is 0 Å². The van der Waals surface area contributed by atoms with Gasteiger partial charge in [-0.1, -0.05) is 96.8 Å². The van der Waals surface area contributed by atoms with Gasteiger partial charge >= 0.3 is 11.9 Å². The molecule has 0 saturated heterocycles. The van der Waals surface area contributed by atoms with E-state index in [0.717, 1.165) is 49.6 Å². The molecular formula is C40H52O12. The summed E-state index contributed by atoms with van der Waals surface area (Å²) in [5, 5.41) is 71.6. The lowest BCUT2D eigenvalue weighted by Crippen LogP contribution is -2.34. The van der Waals surface area contributed by atoms with Crippen LogP contribution in [0.15, 0.2) is 36.4 Å². The van der Waals surface area contributed by atoms with Gasteiger partial charge in [-0.25, -0.2) is 4.79 Å². The van der Waals surface area contributed by atoms with E-state index in [4.69, 9.17) is 14.2 Å². The summed E-state index contributed by atoms with van der Waals surface area (Å²) in [4.78, 5) is 25.8. The van der Waals surface area contributed by atoms with Gasteiger partial charge in [0.15, 0.2) is 34.9 Å². The number of benzene rings is 3. The highest BCUT2D eigenvalue weighted by Gasteiger charge is 2.37. The van der Waals surface area contributed by atoms with Crippen molar-refractivity contribution in [1.82, 2.24) is 0 Å². The van der Waals surface area contributed by atoms with Gasteiger partial charge in [0, 0.05) is 36.1 Å². The molecule has 0 bridgehead atoms. The van der Waals surface area contributed by atoms with Gasteiger partial charge in [-0.3, -0.25) is 4.79 Å². The maximum Gasteiger partial charge on any atom is 0.338 e. The first-order valence-corrected chi connectivity index (χ1v) is 18.4. The molecule has 12 nitrogen and oxygen atoms in total. The second-order valence-corrected chi connectivity index (χ2v) is 13.6. The van der Waals surface area contributed by atoms with E-state index in [-0.39, 0.29) is 46.8 Å². The smallest absolute Gasteiger partial charge is 0.338 e. The van der Waals surface area contributed by atoms with Crippen LogP contribution in [0.2, 0.25) is 0 Å². The summed E-state index contributed by atoms with van der Waals surface area (Å²) in [7, 11) is 0. The first kappa shape index (κ1) is 39.8. The minimum absolute atomic E-state index is 0.0488. The van der Waals surface area contributed by atoms with Crippen LogP contribution in [0.5, 0.6) is 51.7 Å². The molecule has 0 fully saturated rings. The molecule has 52 heavy (non-hydrogen) atoms. The van der Waals surface area contributed by atoms with Gasteiger partial charge in [-0.15, -0.1) is 0 Å². The SMILES string of the molecule is CCCCCCCCCCCCCCCCCC(=O)Oc1c(O)cc(C(=O)O[C@@H]2Cc3c(O)cc(O)cc3O[C@@H]2c2cc(O)c(O)c(O)c2)cc1O. The van der Waals surface area contributed by atoms with Crippen molar-refractivity contribution in [2.45, 2.75) is 128 Å². The Balaban J connectivity index is 1.26. The van der Waals surface area contributed by atoms with E-state index >= 15 is 0 Å². The zero-order valence-corrected chi connectivity index (χ0v) is 29.8. The van der Waals surface area contributed by atoms with Crippen molar-refractivity contribution in [1.29, 1.82) is 0 Å². The van der Waals surface area contributed by atoms with Crippen LogP contribution in [0.1, 0.15) is 137 Å². The predicted octanol–water partition coefficient (Wildman–Crippen LogP) is 8.69. The first-order valence-electron chi connectivity index (χ1n) is 18.4. The fourth-order valence-corrected chi connectivity index (χ4v) is 6.46. The van der Waals surface area contributed by atoms with Crippen LogP contribution in [0.25, 0.3) is 0 Å². The number of aromatic hydroxyl groups is 7. The van der Waals surface area contributed by atoms with Gasteiger partial charge in [-0.2, -0.15) is 0 Å². The minimum Gasteiger partial charge on any atom is -0.508 e. The van der Waals surface area contributed by atoms with Crippen LogP contribution in [0.3, 0.4) is 0 Å². The van der Waals surface area contributed by atoms with Crippen molar-refractivity contribution in [3.05, 3.63) is 53.1 Å². The van der Waals surface area contributed by atoms with Gasteiger partial charge in [0.25, 0.3) is 0 Å². The fourth-order valence-electron chi connectivity index (χ4n) is 6.46. The average Bonchev–Trinajstić information content (AvgIpc) is 3.10. The van der Waals surface area contributed by atoms with E-state index in [1.165, 1.54) is 76.7 Å².